The van der Waals surface area contributed by atoms with E-state index in [0.29, 0.717) is 17.0 Å². The summed E-state index contributed by atoms with van der Waals surface area (Å²) in [6, 6.07) is 12.6. The standard InChI is InChI=1S/C22H24N2O5/c1-14-6-5-7-15(2)21(14)29-13-20(26)28-12-19(25)24-18-9-4-3-8-17(18)22(27)23-16-10-11-16/h3-9,16H,10-13H2,1-2H3,(H,23,27)(H,24,25). The fourth-order valence-electron chi connectivity index (χ4n) is 2.81. The highest BCUT2D eigenvalue weighted by Gasteiger charge is 2.25. The van der Waals surface area contributed by atoms with Crippen LogP contribution in [-0.4, -0.2) is 37.0 Å². The largest absolute Gasteiger partial charge is 0.481 e. The number of para-hydroxylation sites is 2. The quantitative estimate of drug-likeness (QED) is 0.669. The summed E-state index contributed by atoms with van der Waals surface area (Å²) in [6.07, 6.45) is 1.95. The van der Waals surface area contributed by atoms with Gasteiger partial charge >= 0.3 is 5.97 Å². The molecule has 0 aliphatic heterocycles. The van der Waals surface area contributed by atoms with Gasteiger partial charge in [-0.3, -0.25) is 9.59 Å². The molecular weight excluding hydrogens is 372 g/mol. The van der Waals surface area contributed by atoms with E-state index < -0.39 is 18.5 Å². The van der Waals surface area contributed by atoms with Crippen LogP contribution in [0.3, 0.4) is 0 Å². The minimum absolute atomic E-state index is 0.212. The highest BCUT2D eigenvalue weighted by atomic mass is 16.6. The first-order chi connectivity index (χ1) is 13.9. The van der Waals surface area contributed by atoms with Gasteiger partial charge < -0.3 is 20.1 Å². The Morgan fingerprint density at radius 1 is 0.966 bits per heavy atom. The maximum atomic E-state index is 12.3. The second-order valence-electron chi connectivity index (χ2n) is 7.01. The van der Waals surface area contributed by atoms with Crippen LogP contribution in [0, 0.1) is 13.8 Å². The molecular formula is C22H24N2O5. The lowest BCUT2D eigenvalue weighted by Gasteiger charge is -2.12. The van der Waals surface area contributed by atoms with Crippen LogP contribution in [0.2, 0.25) is 0 Å². The number of carbonyl (C=O) groups is 3. The van der Waals surface area contributed by atoms with E-state index in [1.807, 2.05) is 32.0 Å². The molecule has 1 aliphatic carbocycles. The van der Waals surface area contributed by atoms with E-state index in [-0.39, 0.29) is 18.6 Å². The van der Waals surface area contributed by atoms with Gasteiger partial charge in [0.1, 0.15) is 5.75 Å². The summed E-state index contributed by atoms with van der Waals surface area (Å²) >= 11 is 0. The second kappa shape index (κ2) is 9.23. The number of amides is 2. The molecule has 3 rings (SSSR count). The molecule has 2 N–H and O–H groups in total. The number of hydrogen-bond donors (Lipinski definition) is 2. The van der Waals surface area contributed by atoms with Crippen LogP contribution in [0.4, 0.5) is 5.69 Å². The highest BCUT2D eigenvalue weighted by molar-refractivity contribution is 6.04. The fraction of sp³-hybridized carbons (Fsp3) is 0.318. The molecule has 2 amide bonds. The van der Waals surface area contributed by atoms with Crippen LogP contribution < -0.4 is 15.4 Å². The van der Waals surface area contributed by atoms with Crippen molar-refractivity contribution in [3.8, 4) is 5.75 Å². The summed E-state index contributed by atoms with van der Waals surface area (Å²) in [7, 11) is 0. The average molecular weight is 396 g/mol. The summed E-state index contributed by atoms with van der Waals surface area (Å²) in [6.45, 7) is 3.02. The molecule has 0 aromatic heterocycles. The zero-order valence-electron chi connectivity index (χ0n) is 16.5. The number of anilines is 1. The van der Waals surface area contributed by atoms with Gasteiger partial charge in [0.25, 0.3) is 11.8 Å². The Balaban J connectivity index is 1.48. The van der Waals surface area contributed by atoms with Gasteiger partial charge in [-0.15, -0.1) is 0 Å². The Bertz CT molecular complexity index is 901. The number of ether oxygens (including phenoxy) is 2. The summed E-state index contributed by atoms with van der Waals surface area (Å²) in [5.74, 6) is -0.786. The molecule has 7 heteroatoms. The van der Waals surface area contributed by atoms with Crippen LogP contribution in [0.25, 0.3) is 0 Å². The molecule has 0 atom stereocenters. The number of aryl methyl sites for hydroxylation is 2. The van der Waals surface area contributed by atoms with Gasteiger partial charge in [-0.25, -0.2) is 4.79 Å². The zero-order valence-corrected chi connectivity index (χ0v) is 16.5. The van der Waals surface area contributed by atoms with E-state index >= 15 is 0 Å². The van der Waals surface area contributed by atoms with Crippen molar-refractivity contribution in [2.75, 3.05) is 18.5 Å². The highest BCUT2D eigenvalue weighted by Crippen LogP contribution is 2.23. The molecule has 0 radical (unpaired) electrons. The number of nitrogens with one attached hydrogen (secondary N) is 2. The maximum absolute atomic E-state index is 12.3. The molecule has 0 heterocycles. The fourth-order valence-corrected chi connectivity index (χ4v) is 2.81. The molecule has 1 fully saturated rings. The lowest BCUT2D eigenvalue weighted by Crippen LogP contribution is -2.28. The Kier molecular flexibility index (Phi) is 6.49. The molecule has 2 aromatic carbocycles. The lowest BCUT2D eigenvalue weighted by molar-refractivity contribution is -0.149. The second-order valence-corrected chi connectivity index (χ2v) is 7.01. The van der Waals surface area contributed by atoms with Gasteiger partial charge in [-0.1, -0.05) is 30.3 Å². The first kappa shape index (κ1) is 20.4. The van der Waals surface area contributed by atoms with Crippen molar-refractivity contribution in [1.29, 1.82) is 0 Å². The molecule has 1 saturated carbocycles. The van der Waals surface area contributed by atoms with Crippen molar-refractivity contribution in [1.82, 2.24) is 5.32 Å². The Labute approximate surface area is 169 Å². The Morgan fingerprint density at radius 2 is 1.66 bits per heavy atom. The van der Waals surface area contributed by atoms with E-state index in [4.69, 9.17) is 9.47 Å². The SMILES string of the molecule is Cc1cccc(C)c1OCC(=O)OCC(=O)Nc1ccccc1C(=O)NC1CC1. The van der Waals surface area contributed by atoms with E-state index in [1.54, 1.807) is 24.3 Å². The number of carbonyl (C=O) groups excluding carboxylic acids is 3. The van der Waals surface area contributed by atoms with Gasteiger partial charge in [0.05, 0.1) is 11.3 Å². The zero-order chi connectivity index (χ0) is 20.8. The summed E-state index contributed by atoms with van der Waals surface area (Å²) < 4.78 is 10.5. The van der Waals surface area contributed by atoms with Crippen LogP contribution in [-0.2, 0) is 14.3 Å². The molecule has 152 valence electrons. The number of hydrogen-bond acceptors (Lipinski definition) is 5. The summed E-state index contributed by atoms with van der Waals surface area (Å²) in [4.78, 5) is 36.3. The van der Waals surface area contributed by atoms with E-state index in [9.17, 15) is 14.4 Å². The van der Waals surface area contributed by atoms with Crippen molar-refractivity contribution in [2.45, 2.75) is 32.7 Å². The van der Waals surface area contributed by atoms with Crippen LogP contribution in [0.1, 0.15) is 34.3 Å². The van der Waals surface area contributed by atoms with Crippen molar-refractivity contribution in [3.63, 3.8) is 0 Å². The maximum Gasteiger partial charge on any atom is 0.344 e. The van der Waals surface area contributed by atoms with Crippen LogP contribution >= 0.6 is 0 Å². The number of benzene rings is 2. The first-order valence-corrected chi connectivity index (χ1v) is 9.48. The van der Waals surface area contributed by atoms with Gasteiger partial charge in [0.15, 0.2) is 13.2 Å². The number of rotatable bonds is 8. The molecule has 0 spiro atoms. The topological polar surface area (TPSA) is 93.7 Å². The molecule has 0 unspecified atom stereocenters. The van der Waals surface area contributed by atoms with E-state index in [1.165, 1.54) is 0 Å². The van der Waals surface area contributed by atoms with Gasteiger partial charge in [-0.05, 0) is 49.9 Å². The third-order valence-corrected chi connectivity index (χ3v) is 4.47. The monoisotopic (exact) mass is 396 g/mol. The van der Waals surface area contributed by atoms with Crippen molar-refractivity contribution < 1.29 is 23.9 Å². The van der Waals surface area contributed by atoms with Gasteiger partial charge in [0, 0.05) is 6.04 Å². The smallest absolute Gasteiger partial charge is 0.344 e. The van der Waals surface area contributed by atoms with E-state index in [0.717, 1.165) is 24.0 Å². The lowest BCUT2D eigenvalue weighted by atomic mass is 10.1. The average Bonchev–Trinajstić information content (AvgIpc) is 3.50. The molecule has 7 nitrogen and oxygen atoms in total. The third kappa shape index (κ3) is 5.81. The first-order valence-electron chi connectivity index (χ1n) is 9.48. The Morgan fingerprint density at radius 3 is 2.34 bits per heavy atom. The molecule has 29 heavy (non-hydrogen) atoms. The normalized spacial score (nSPS) is 12.8. The minimum Gasteiger partial charge on any atom is -0.481 e. The molecule has 0 bridgehead atoms. The van der Waals surface area contributed by atoms with E-state index in [2.05, 4.69) is 10.6 Å². The summed E-state index contributed by atoms with van der Waals surface area (Å²) in [5.41, 5.74) is 2.57. The molecule has 0 saturated heterocycles. The van der Waals surface area contributed by atoms with Crippen molar-refractivity contribution in [2.24, 2.45) is 0 Å². The van der Waals surface area contributed by atoms with Crippen LogP contribution in [0.5, 0.6) is 5.75 Å². The number of esters is 1. The molecule has 1 aliphatic rings. The van der Waals surface area contributed by atoms with Gasteiger partial charge in [-0.2, -0.15) is 0 Å². The Hall–Kier alpha value is -3.35. The summed E-state index contributed by atoms with van der Waals surface area (Å²) in [5, 5.41) is 5.50. The molecule has 2 aromatic rings. The predicted octanol–water partition coefficient (Wildman–Crippen LogP) is 2.76. The van der Waals surface area contributed by atoms with Crippen LogP contribution in [0.15, 0.2) is 42.5 Å². The minimum atomic E-state index is -0.650. The predicted molar refractivity (Wildman–Crippen MR) is 108 cm³/mol. The van der Waals surface area contributed by atoms with Crippen molar-refractivity contribution in [3.05, 3.63) is 59.2 Å². The van der Waals surface area contributed by atoms with Crippen molar-refractivity contribution >= 4 is 23.5 Å². The third-order valence-electron chi connectivity index (χ3n) is 4.47. The van der Waals surface area contributed by atoms with Gasteiger partial charge in [0.2, 0.25) is 0 Å².